The minimum Gasteiger partial charge on any atom is -0.506 e. The summed E-state index contributed by atoms with van der Waals surface area (Å²) in [5.74, 6) is 0.0114. The Bertz CT molecular complexity index is 712. The summed E-state index contributed by atoms with van der Waals surface area (Å²) in [6, 6.07) is 6.25. The Labute approximate surface area is 149 Å². The lowest BCUT2D eigenvalue weighted by Gasteiger charge is -2.15. The zero-order chi connectivity index (χ0) is 18.1. The lowest BCUT2D eigenvalue weighted by atomic mass is 10.0. The molecule has 0 aliphatic carbocycles. The second-order valence-electron chi connectivity index (χ2n) is 6.47. The predicted octanol–water partition coefficient (Wildman–Crippen LogP) is 3.42. The molecule has 0 spiro atoms. The number of benzene rings is 1. The lowest BCUT2D eigenvalue weighted by molar-refractivity contribution is 0.176. The number of phenolic OH excluding ortho intramolecular Hbond substituents is 1. The molecule has 1 heterocycles. The summed E-state index contributed by atoms with van der Waals surface area (Å²) >= 11 is 0. The maximum Gasteiger partial charge on any atom is 0.248 e. The van der Waals surface area contributed by atoms with E-state index >= 15 is 0 Å². The van der Waals surface area contributed by atoms with Crippen molar-refractivity contribution in [2.24, 2.45) is 0 Å². The minimum absolute atomic E-state index is 0.0114. The van der Waals surface area contributed by atoms with E-state index in [1.165, 1.54) is 44.2 Å². The molecule has 2 aromatic rings. The number of fused-ring (bicyclic) bond motifs is 1. The third-order valence-corrected chi connectivity index (χ3v) is 4.45. The van der Waals surface area contributed by atoms with Crippen molar-refractivity contribution in [2.75, 3.05) is 13.1 Å². The molecule has 2 rings (SSSR count). The van der Waals surface area contributed by atoms with Gasteiger partial charge in [-0.15, -0.1) is 0 Å². The smallest absolute Gasteiger partial charge is 0.248 e. The molecule has 5 nitrogen and oxygen atoms in total. The molecular weight excluding hydrogens is 316 g/mol. The fraction of sp³-hybridized carbons (Fsp3) is 0.500. The normalized spacial score (nSPS) is 12.6. The molecule has 1 atom stereocenters. The van der Waals surface area contributed by atoms with Crippen LogP contribution in [0.15, 0.2) is 29.1 Å². The number of hydrogen-bond donors (Lipinski definition) is 4. The van der Waals surface area contributed by atoms with Crippen LogP contribution in [0.25, 0.3) is 10.9 Å². The largest absolute Gasteiger partial charge is 0.506 e. The second-order valence-corrected chi connectivity index (χ2v) is 6.47. The number of hydrogen-bond acceptors (Lipinski definition) is 4. The fourth-order valence-electron chi connectivity index (χ4n) is 3.03. The van der Waals surface area contributed by atoms with Crippen LogP contribution in [-0.2, 0) is 0 Å². The van der Waals surface area contributed by atoms with Gasteiger partial charge in [0.15, 0.2) is 0 Å². The molecule has 0 saturated heterocycles. The van der Waals surface area contributed by atoms with Gasteiger partial charge in [-0.25, -0.2) is 0 Å². The number of phenols is 1. The third kappa shape index (κ3) is 5.87. The highest BCUT2D eigenvalue weighted by molar-refractivity contribution is 5.87. The average Bonchev–Trinajstić information content (AvgIpc) is 2.61. The quantitative estimate of drug-likeness (QED) is 0.470. The monoisotopic (exact) mass is 345 g/mol. The van der Waals surface area contributed by atoms with Crippen LogP contribution in [0, 0.1) is 6.42 Å². The van der Waals surface area contributed by atoms with Crippen molar-refractivity contribution in [3.63, 3.8) is 0 Å². The molecule has 25 heavy (non-hydrogen) atoms. The molecule has 0 amide bonds. The highest BCUT2D eigenvalue weighted by Gasteiger charge is 2.13. The van der Waals surface area contributed by atoms with Gasteiger partial charge in [-0.05, 0) is 37.1 Å². The first-order valence-corrected chi connectivity index (χ1v) is 9.15. The summed E-state index contributed by atoms with van der Waals surface area (Å²) in [6.45, 7) is 3.43. The van der Waals surface area contributed by atoms with Crippen LogP contribution in [-0.4, -0.2) is 28.3 Å². The molecule has 0 aliphatic heterocycles. The molecule has 0 saturated carbocycles. The Kier molecular flexibility index (Phi) is 7.95. The summed E-state index contributed by atoms with van der Waals surface area (Å²) in [6.07, 6.45) is 8.86. The zero-order valence-corrected chi connectivity index (χ0v) is 14.9. The van der Waals surface area contributed by atoms with Gasteiger partial charge in [0.05, 0.1) is 11.6 Å². The van der Waals surface area contributed by atoms with Crippen molar-refractivity contribution in [3.8, 4) is 5.75 Å². The molecule has 4 N–H and O–H groups in total. The van der Waals surface area contributed by atoms with Gasteiger partial charge in [-0.2, -0.15) is 0 Å². The van der Waals surface area contributed by atoms with Crippen LogP contribution in [0.5, 0.6) is 5.75 Å². The minimum atomic E-state index is -0.686. The van der Waals surface area contributed by atoms with Gasteiger partial charge in [0.2, 0.25) is 5.56 Å². The Balaban J connectivity index is 1.80. The number of nitrogens with one attached hydrogen (secondary N) is 2. The number of aromatic amines is 1. The van der Waals surface area contributed by atoms with E-state index in [0.29, 0.717) is 23.0 Å². The molecule has 0 aliphatic rings. The summed E-state index contributed by atoms with van der Waals surface area (Å²) in [4.78, 5) is 14.0. The van der Waals surface area contributed by atoms with Crippen molar-refractivity contribution >= 4 is 10.9 Å². The van der Waals surface area contributed by atoms with E-state index in [4.69, 9.17) is 0 Å². The van der Waals surface area contributed by atoms with Gasteiger partial charge < -0.3 is 20.5 Å². The molecule has 1 aromatic carbocycles. The van der Waals surface area contributed by atoms with Crippen LogP contribution < -0.4 is 10.9 Å². The van der Waals surface area contributed by atoms with E-state index in [1.54, 1.807) is 12.1 Å². The van der Waals surface area contributed by atoms with Crippen molar-refractivity contribution < 1.29 is 10.2 Å². The Morgan fingerprint density at radius 3 is 2.68 bits per heavy atom. The maximum atomic E-state index is 11.4. The van der Waals surface area contributed by atoms with Gasteiger partial charge >= 0.3 is 0 Å². The molecular formula is C20H29N2O3. The molecule has 1 radical (unpaired) electrons. The SMILES string of the molecule is C[CH]CCCCCCCNC[C@H](O)c1ccc(O)c2[nH]c(=O)ccc12. The van der Waals surface area contributed by atoms with Gasteiger partial charge in [0, 0.05) is 18.0 Å². The van der Waals surface area contributed by atoms with E-state index < -0.39 is 6.10 Å². The van der Waals surface area contributed by atoms with Crippen molar-refractivity contribution in [1.29, 1.82) is 0 Å². The molecule has 137 valence electrons. The van der Waals surface area contributed by atoms with Crippen molar-refractivity contribution in [2.45, 2.75) is 51.6 Å². The Hall–Kier alpha value is -1.85. The first-order chi connectivity index (χ1) is 12.1. The van der Waals surface area contributed by atoms with Gasteiger partial charge in [0.1, 0.15) is 5.75 Å². The lowest BCUT2D eigenvalue weighted by Crippen LogP contribution is -2.22. The number of aromatic nitrogens is 1. The van der Waals surface area contributed by atoms with E-state index in [0.717, 1.165) is 13.0 Å². The van der Waals surface area contributed by atoms with Gasteiger partial charge in [-0.1, -0.05) is 45.1 Å². The van der Waals surface area contributed by atoms with E-state index in [-0.39, 0.29) is 11.3 Å². The number of aliphatic hydroxyl groups is 1. The Morgan fingerprint density at radius 2 is 1.88 bits per heavy atom. The van der Waals surface area contributed by atoms with Crippen LogP contribution in [0.4, 0.5) is 0 Å². The van der Waals surface area contributed by atoms with Crippen LogP contribution in [0.1, 0.15) is 57.1 Å². The summed E-state index contributed by atoms with van der Waals surface area (Å²) < 4.78 is 0. The standard InChI is InChI=1S/C20H29N2O3/c1-2-3-4-5-6-7-8-13-21-14-18(24)15-9-11-17(23)20-16(15)10-12-19(25)22-20/h2,9-12,18,21,23-24H,3-8,13-14H2,1H3,(H,22,25)/t18-/m0/s1. The van der Waals surface area contributed by atoms with Crippen molar-refractivity contribution in [1.82, 2.24) is 10.3 Å². The Morgan fingerprint density at radius 1 is 1.12 bits per heavy atom. The molecule has 1 aromatic heterocycles. The number of rotatable bonds is 11. The summed E-state index contributed by atoms with van der Waals surface area (Å²) in [5, 5.41) is 24.3. The average molecular weight is 345 g/mol. The van der Waals surface area contributed by atoms with Crippen LogP contribution >= 0.6 is 0 Å². The number of pyridine rings is 1. The van der Waals surface area contributed by atoms with Gasteiger partial charge in [0.25, 0.3) is 0 Å². The molecule has 5 heteroatoms. The molecule has 0 unspecified atom stereocenters. The highest BCUT2D eigenvalue weighted by atomic mass is 16.3. The number of H-pyrrole nitrogens is 1. The van der Waals surface area contributed by atoms with E-state index in [9.17, 15) is 15.0 Å². The predicted molar refractivity (Wildman–Crippen MR) is 102 cm³/mol. The number of aliphatic hydroxyl groups excluding tert-OH is 1. The highest BCUT2D eigenvalue weighted by Crippen LogP contribution is 2.28. The topological polar surface area (TPSA) is 85.3 Å². The number of aromatic hydroxyl groups is 1. The van der Waals surface area contributed by atoms with Crippen LogP contribution in [0.2, 0.25) is 0 Å². The molecule has 0 bridgehead atoms. The van der Waals surface area contributed by atoms with Gasteiger partial charge in [-0.3, -0.25) is 4.79 Å². The zero-order valence-electron chi connectivity index (χ0n) is 14.9. The third-order valence-electron chi connectivity index (χ3n) is 4.45. The second kappa shape index (κ2) is 10.2. The first kappa shape index (κ1) is 19.5. The number of unbranched alkanes of at least 4 members (excludes halogenated alkanes) is 6. The summed E-state index contributed by atoms with van der Waals surface area (Å²) in [5.41, 5.74) is 0.796. The maximum absolute atomic E-state index is 11.4. The van der Waals surface area contributed by atoms with Crippen LogP contribution in [0.3, 0.4) is 0 Å². The molecule has 0 fully saturated rings. The van der Waals surface area contributed by atoms with Crippen molar-refractivity contribution in [3.05, 3.63) is 46.6 Å². The fourth-order valence-corrected chi connectivity index (χ4v) is 3.03. The first-order valence-electron chi connectivity index (χ1n) is 9.15. The van der Waals surface area contributed by atoms with E-state index in [2.05, 4.69) is 23.6 Å². The summed E-state index contributed by atoms with van der Waals surface area (Å²) in [7, 11) is 0. The van der Waals surface area contributed by atoms with E-state index in [1.807, 2.05) is 0 Å².